The van der Waals surface area contributed by atoms with Crippen LogP contribution >= 0.6 is 0 Å². The van der Waals surface area contributed by atoms with E-state index < -0.39 is 0 Å². The van der Waals surface area contributed by atoms with Gasteiger partial charge in [-0.15, -0.1) is 5.10 Å². The topological polar surface area (TPSA) is 80.1 Å². The molecule has 1 fully saturated rings. The van der Waals surface area contributed by atoms with Crippen molar-refractivity contribution in [1.82, 2.24) is 19.9 Å². The predicted molar refractivity (Wildman–Crippen MR) is 103 cm³/mol. The molecule has 0 N–H and O–H groups in total. The third kappa shape index (κ3) is 7.42. The first-order valence-corrected chi connectivity index (χ1v) is 9.83. The van der Waals surface area contributed by atoms with Gasteiger partial charge in [-0.05, 0) is 12.1 Å². The standard InChI is InChI=1S/C19H30N4O5/c1-2-4-19-18(3-1)20-21-23(19)17-22-5-7-24-9-11-26-13-15-28-16-14-27-12-10-25-8-6-22/h1-4H,5-17H2. The normalized spacial score (nSPS) is 20.6. The van der Waals surface area contributed by atoms with Gasteiger partial charge in [0.2, 0.25) is 0 Å². The highest BCUT2D eigenvalue weighted by molar-refractivity contribution is 5.73. The zero-order valence-electron chi connectivity index (χ0n) is 16.3. The van der Waals surface area contributed by atoms with Gasteiger partial charge in [0.1, 0.15) is 5.52 Å². The summed E-state index contributed by atoms with van der Waals surface area (Å²) in [5.74, 6) is 0. The van der Waals surface area contributed by atoms with Crippen LogP contribution in [-0.4, -0.2) is 99.1 Å². The number of benzene rings is 1. The van der Waals surface area contributed by atoms with Crippen molar-refractivity contribution in [2.45, 2.75) is 6.67 Å². The second kappa shape index (κ2) is 12.8. The first-order chi connectivity index (χ1) is 13.9. The van der Waals surface area contributed by atoms with Crippen LogP contribution in [0.5, 0.6) is 0 Å². The lowest BCUT2D eigenvalue weighted by molar-refractivity contribution is -0.0204. The number of nitrogens with zero attached hydrogens (tertiary/aromatic N) is 4. The molecule has 0 aliphatic carbocycles. The molecule has 9 heteroatoms. The van der Waals surface area contributed by atoms with Crippen LogP contribution in [0.3, 0.4) is 0 Å². The number of para-hydroxylation sites is 1. The number of hydrogen-bond donors (Lipinski definition) is 0. The molecule has 0 atom stereocenters. The minimum absolute atomic E-state index is 0.566. The quantitative estimate of drug-likeness (QED) is 0.740. The van der Waals surface area contributed by atoms with Crippen molar-refractivity contribution >= 4 is 11.0 Å². The van der Waals surface area contributed by atoms with Gasteiger partial charge in [-0.3, -0.25) is 4.90 Å². The van der Waals surface area contributed by atoms with Crippen molar-refractivity contribution in [3.63, 3.8) is 0 Å². The molecule has 0 bridgehead atoms. The van der Waals surface area contributed by atoms with Crippen LogP contribution in [-0.2, 0) is 30.4 Å². The fraction of sp³-hybridized carbons (Fsp3) is 0.684. The fourth-order valence-corrected chi connectivity index (χ4v) is 2.83. The molecule has 9 nitrogen and oxygen atoms in total. The molecule has 1 aromatic heterocycles. The average molecular weight is 394 g/mol. The molecule has 1 aliphatic rings. The molecule has 1 aromatic carbocycles. The Bertz CT molecular complexity index is 651. The van der Waals surface area contributed by atoms with Gasteiger partial charge < -0.3 is 23.7 Å². The van der Waals surface area contributed by atoms with E-state index in [2.05, 4.69) is 15.2 Å². The van der Waals surface area contributed by atoms with Gasteiger partial charge >= 0.3 is 0 Å². The van der Waals surface area contributed by atoms with Gasteiger partial charge in [-0.2, -0.15) is 0 Å². The molecule has 156 valence electrons. The third-order valence-corrected chi connectivity index (χ3v) is 4.35. The van der Waals surface area contributed by atoms with Crippen molar-refractivity contribution in [3.8, 4) is 0 Å². The number of rotatable bonds is 2. The lowest BCUT2D eigenvalue weighted by Gasteiger charge is -2.22. The van der Waals surface area contributed by atoms with Gasteiger partial charge in [0.25, 0.3) is 0 Å². The molecule has 2 aromatic rings. The maximum atomic E-state index is 5.70. The van der Waals surface area contributed by atoms with Crippen LogP contribution in [0.2, 0.25) is 0 Å². The van der Waals surface area contributed by atoms with Gasteiger partial charge in [-0.1, -0.05) is 17.3 Å². The molecule has 0 saturated carbocycles. The number of aromatic nitrogens is 3. The number of hydrogen-bond acceptors (Lipinski definition) is 8. The second-order valence-electron chi connectivity index (χ2n) is 6.40. The summed E-state index contributed by atoms with van der Waals surface area (Å²) < 4.78 is 29.7. The Balaban J connectivity index is 1.50. The Kier molecular flexibility index (Phi) is 9.62. The van der Waals surface area contributed by atoms with E-state index in [0.717, 1.165) is 24.1 Å². The van der Waals surface area contributed by atoms with Crippen LogP contribution < -0.4 is 0 Å². The molecule has 28 heavy (non-hydrogen) atoms. The van der Waals surface area contributed by atoms with E-state index in [1.807, 2.05) is 28.9 Å². The van der Waals surface area contributed by atoms with Crippen molar-refractivity contribution in [2.75, 3.05) is 79.2 Å². The first kappa shape index (κ1) is 21.1. The van der Waals surface area contributed by atoms with E-state index in [0.29, 0.717) is 72.7 Å². The highest BCUT2D eigenvalue weighted by atomic mass is 16.6. The second-order valence-corrected chi connectivity index (χ2v) is 6.40. The molecule has 2 heterocycles. The zero-order chi connectivity index (χ0) is 19.3. The highest BCUT2D eigenvalue weighted by Crippen LogP contribution is 2.10. The van der Waals surface area contributed by atoms with Gasteiger partial charge in [0, 0.05) is 13.1 Å². The van der Waals surface area contributed by atoms with E-state index in [4.69, 9.17) is 23.7 Å². The Labute approximate surface area is 165 Å². The lowest BCUT2D eigenvalue weighted by Crippen LogP contribution is -2.34. The van der Waals surface area contributed by atoms with Crippen LogP contribution in [0, 0.1) is 0 Å². The molecule has 0 radical (unpaired) electrons. The average Bonchev–Trinajstić information content (AvgIpc) is 3.12. The van der Waals surface area contributed by atoms with Crippen LogP contribution in [0.15, 0.2) is 24.3 Å². The summed E-state index contributed by atoms with van der Waals surface area (Å²) in [6.45, 7) is 7.97. The van der Waals surface area contributed by atoms with E-state index >= 15 is 0 Å². The van der Waals surface area contributed by atoms with Crippen molar-refractivity contribution in [1.29, 1.82) is 0 Å². The molecular weight excluding hydrogens is 364 g/mol. The highest BCUT2D eigenvalue weighted by Gasteiger charge is 2.10. The Hall–Kier alpha value is -1.62. The van der Waals surface area contributed by atoms with Gasteiger partial charge in [0.15, 0.2) is 0 Å². The van der Waals surface area contributed by atoms with Crippen molar-refractivity contribution in [3.05, 3.63) is 24.3 Å². The minimum atomic E-state index is 0.566. The first-order valence-electron chi connectivity index (χ1n) is 9.83. The Morgan fingerprint density at radius 2 is 1.18 bits per heavy atom. The summed E-state index contributed by atoms with van der Waals surface area (Å²) >= 11 is 0. The molecule has 0 unspecified atom stereocenters. The molecule has 0 spiro atoms. The lowest BCUT2D eigenvalue weighted by atomic mass is 10.3. The zero-order valence-corrected chi connectivity index (χ0v) is 16.3. The smallest absolute Gasteiger partial charge is 0.113 e. The van der Waals surface area contributed by atoms with Crippen LogP contribution in [0.4, 0.5) is 0 Å². The van der Waals surface area contributed by atoms with Gasteiger partial charge in [-0.25, -0.2) is 4.68 Å². The van der Waals surface area contributed by atoms with E-state index in [1.54, 1.807) is 0 Å². The third-order valence-electron chi connectivity index (χ3n) is 4.35. The minimum Gasteiger partial charge on any atom is -0.378 e. The summed E-state index contributed by atoms with van der Waals surface area (Å²) in [6, 6.07) is 7.97. The van der Waals surface area contributed by atoms with Crippen LogP contribution in [0.1, 0.15) is 0 Å². The summed E-state index contributed by atoms with van der Waals surface area (Å²) in [4.78, 5) is 2.25. The van der Waals surface area contributed by atoms with Gasteiger partial charge in [0.05, 0.1) is 78.3 Å². The van der Waals surface area contributed by atoms with E-state index in [9.17, 15) is 0 Å². The maximum absolute atomic E-state index is 5.70. The summed E-state index contributed by atoms with van der Waals surface area (Å²) in [5.41, 5.74) is 1.92. The SMILES string of the molecule is c1ccc2c(c1)nnn2CN1CCOCCOCCOCCOCCOCC1. The Morgan fingerprint density at radius 3 is 1.75 bits per heavy atom. The molecule has 3 rings (SSSR count). The van der Waals surface area contributed by atoms with E-state index in [1.165, 1.54) is 0 Å². The fourth-order valence-electron chi connectivity index (χ4n) is 2.83. The number of fused-ring (bicyclic) bond motifs is 1. The molecule has 1 saturated heterocycles. The predicted octanol–water partition coefficient (Wildman–Crippen LogP) is 0.787. The molecule has 1 aliphatic heterocycles. The van der Waals surface area contributed by atoms with Crippen molar-refractivity contribution < 1.29 is 23.7 Å². The monoisotopic (exact) mass is 394 g/mol. The maximum Gasteiger partial charge on any atom is 0.113 e. The van der Waals surface area contributed by atoms with E-state index in [-0.39, 0.29) is 0 Å². The summed E-state index contributed by atoms with van der Waals surface area (Å²) in [6.07, 6.45) is 0. The van der Waals surface area contributed by atoms with Crippen molar-refractivity contribution in [2.24, 2.45) is 0 Å². The molecular formula is C19H30N4O5. The summed E-state index contributed by atoms with van der Waals surface area (Å²) in [5, 5.41) is 8.51. The Morgan fingerprint density at radius 1 is 0.679 bits per heavy atom. The summed E-state index contributed by atoms with van der Waals surface area (Å²) in [7, 11) is 0. The number of ether oxygens (including phenoxy) is 5. The molecule has 0 amide bonds. The van der Waals surface area contributed by atoms with Crippen LogP contribution in [0.25, 0.3) is 11.0 Å². The largest absolute Gasteiger partial charge is 0.378 e.